The zero-order valence-electron chi connectivity index (χ0n) is 10.3. The minimum absolute atomic E-state index is 0.200. The number of aromatic nitrogens is 2. The van der Waals surface area contributed by atoms with Crippen LogP contribution in [0.3, 0.4) is 0 Å². The number of hydrogen-bond donors (Lipinski definition) is 2. The van der Waals surface area contributed by atoms with E-state index in [4.69, 9.17) is 22.2 Å². The second-order valence-corrected chi connectivity index (χ2v) is 6.58. The van der Waals surface area contributed by atoms with Gasteiger partial charge in [0, 0.05) is 7.11 Å². The number of halogens is 2. The summed E-state index contributed by atoms with van der Waals surface area (Å²) in [6, 6.07) is 1.81. The van der Waals surface area contributed by atoms with Crippen LogP contribution in [-0.2, 0) is 11.3 Å². The van der Waals surface area contributed by atoms with Crippen LogP contribution in [-0.4, -0.2) is 23.5 Å². The van der Waals surface area contributed by atoms with Crippen LogP contribution in [0.1, 0.15) is 17.3 Å². The van der Waals surface area contributed by atoms with Crippen molar-refractivity contribution in [2.45, 2.75) is 12.6 Å². The van der Waals surface area contributed by atoms with Gasteiger partial charge in [0.15, 0.2) is 0 Å². The van der Waals surface area contributed by atoms with Crippen LogP contribution in [0.4, 0.5) is 0 Å². The predicted octanol–water partition coefficient (Wildman–Crippen LogP) is 2.56. The van der Waals surface area contributed by atoms with Crippen LogP contribution in [0.25, 0.3) is 0 Å². The predicted molar refractivity (Wildman–Crippen MR) is 80.3 cm³/mol. The molecule has 2 rings (SSSR count). The molecule has 104 valence electrons. The molecule has 1 atom stereocenters. The number of thiophene rings is 1. The highest BCUT2D eigenvalue weighted by Crippen LogP contribution is 2.32. The lowest BCUT2D eigenvalue weighted by Gasteiger charge is -2.17. The summed E-state index contributed by atoms with van der Waals surface area (Å²) < 4.78 is 7.92. The molecule has 0 aliphatic heterocycles. The maximum absolute atomic E-state index is 6.23. The number of ether oxygens (including phenoxy) is 1. The third-order valence-corrected chi connectivity index (χ3v) is 4.52. The Morgan fingerprint density at radius 3 is 3.05 bits per heavy atom. The number of nitrogens with one attached hydrogen (secondary N) is 1. The summed E-state index contributed by atoms with van der Waals surface area (Å²) in [5.41, 5.74) is 4.67. The minimum Gasteiger partial charge on any atom is -0.383 e. The molecule has 0 amide bonds. The van der Waals surface area contributed by atoms with Crippen molar-refractivity contribution in [3.8, 4) is 0 Å². The largest absolute Gasteiger partial charge is 0.383 e. The van der Waals surface area contributed by atoms with Crippen LogP contribution in [0.5, 0.6) is 0 Å². The molecule has 0 aromatic carbocycles. The number of nitrogens with two attached hydrogens (primary N) is 1. The van der Waals surface area contributed by atoms with Gasteiger partial charge < -0.3 is 4.74 Å². The molecule has 0 bridgehead atoms. The van der Waals surface area contributed by atoms with E-state index in [1.807, 2.05) is 16.1 Å². The molecular formula is C11H14BrClN4OS. The maximum Gasteiger partial charge on any atom is 0.0901 e. The molecule has 5 nitrogen and oxygen atoms in total. The van der Waals surface area contributed by atoms with Crippen LogP contribution < -0.4 is 11.3 Å². The van der Waals surface area contributed by atoms with E-state index in [2.05, 4.69) is 26.5 Å². The topological polar surface area (TPSA) is 65.1 Å². The maximum atomic E-state index is 6.23. The van der Waals surface area contributed by atoms with E-state index >= 15 is 0 Å². The lowest BCUT2D eigenvalue weighted by molar-refractivity contribution is 0.182. The lowest BCUT2D eigenvalue weighted by atomic mass is 10.1. The standard InChI is InChI=1S/C11H14BrClN4OS/c1-18-3-2-17-11(8(13)5-15-17)10(16-14)7-4-9(12)19-6-7/h4-6,10,16H,2-3,14H2,1H3. The summed E-state index contributed by atoms with van der Waals surface area (Å²) in [6.45, 7) is 1.19. The molecular weight excluding hydrogens is 352 g/mol. The fourth-order valence-electron chi connectivity index (χ4n) is 1.82. The molecule has 0 spiro atoms. The third kappa shape index (κ3) is 3.36. The molecule has 0 saturated carbocycles. The Kier molecular flexibility index (Phi) is 5.37. The van der Waals surface area contributed by atoms with Crippen molar-refractivity contribution >= 4 is 38.9 Å². The lowest BCUT2D eigenvalue weighted by Crippen LogP contribution is -2.31. The smallest absolute Gasteiger partial charge is 0.0901 e. The average molecular weight is 366 g/mol. The molecule has 3 N–H and O–H groups in total. The SMILES string of the molecule is COCCn1ncc(Cl)c1C(NN)c1csc(Br)c1. The highest BCUT2D eigenvalue weighted by atomic mass is 79.9. The summed E-state index contributed by atoms with van der Waals surface area (Å²) >= 11 is 11.3. The molecule has 2 heterocycles. The summed E-state index contributed by atoms with van der Waals surface area (Å²) in [5, 5.41) is 6.87. The van der Waals surface area contributed by atoms with Gasteiger partial charge in [0.25, 0.3) is 0 Å². The van der Waals surface area contributed by atoms with Gasteiger partial charge in [-0.15, -0.1) is 11.3 Å². The van der Waals surface area contributed by atoms with Crippen LogP contribution in [0.2, 0.25) is 5.02 Å². The van der Waals surface area contributed by atoms with Gasteiger partial charge >= 0.3 is 0 Å². The van der Waals surface area contributed by atoms with Crippen molar-refractivity contribution in [1.82, 2.24) is 15.2 Å². The quantitative estimate of drug-likeness (QED) is 0.610. The highest BCUT2D eigenvalue weighted by molar-refractivity contribution is 9.11. The van der Waals surface area contributed by atoms with Gasteiger partial charge in [-0.1, -0.05) is 11.6 Å². The Hall–Kier alpha value is -0.440. The van der Waals surface area contributed by atoms with E-state index in [-0.39, 0.29) is 6.04 Å². The van der Waals surface area contributed by atoms with Gasteiger partial charge in [-0.05, 0) is 32.9 Å². The molecule has 0 aliphatic carbocycles. The molecule has 2 aromatic heterocycles. The molecule has 0 radical (unpaired) electrons. The Labute approximate surface area is 128 Å². The van der Waals surface area contributed by atoms with E-state index in [0.29, 0.717) is 18.2 Å². The summed E-state index contributed by atoms with van der Waals surface area (Å²) in [6.07, 6.45) is 1.62. The van der Waals surface area contributed by atoms with E-state index < -0.39 is 0 Å². The number of nitrogens with zero attached hydrogens (tertiary/aromatic N) is 2. The van der Waals surface area contributed by atoms with E-state index in [0.717, 1.165) is 15.0 Å². The second-order valence-electron chi connectivity index (χ2n) is 3.88. The third-order valence-electron chi connectivity index (χ3n) is 2.70. The van der Waals surface area contributed by atoms with Crippen molar-refractivity contribution in [2.75, 3.05) is 13.7 Å². The first kappa shape index (κ1) is 15.0. The molecule has 8 heteroatoms. The Balaban J connectivity index is 2.34. The Bertz CT molecular complexity index is 545. The number of hydrazine groups is 1. The Morgan fingerprint density at radius 1 is 1.68 bits per heavy atom. The normalized spacial score (nSPS) is 12.8. The van der Waals surface area contributed by atoms with Gasteiger partial charge in [0.1, 0.15) is 0 Å². The monoisotopic (exact) mass is 364 g/mol. The molecule has 0 aliphatic rings. The molecule has 1 unspecified atom stereocenters. The summed E-state index contributed by atoms with van der Waals surface area (Å²) in [7, 11) is 1.65. The molecule has 2 aromatic rings. The van der Waals surface area contributed by atoms with Gasteiger partial charge in [0.2, 0.25) is 0 Å². The van der Waals surface area contributed by atoms with Crippen LogP contribution in [0, 0.1) is 0 Å². The fourth-order valence-corrected chi connectivity index (χ4v) is 3.27. The van der Waals surface area contributed by atoms with Crippen LogP contribution >= 0.6 is 38.9 Å². The minimum atomic E-state index is -0.200. The summed E-state index contributed by atoms with van der Waals surface area (Å²) in [4.78, 5) is 0. The van der Waals surface area contributed by atoms with Crippen molar-refractivity contribution in [1.29, 1.82) is 0 Å². The highest BCUT2D eigenvalue weighted by Gasteiger charge is 2.22. The average Bonchev–Trinajstić information content (AvgIpc) is 2.97. The zero-order chi connectivity index (χ0) is 13.8. The summed E-state index contributed by atoms with van der Waals surface area (Å²) in [5.74, 6) is 5.68. The van der Waals surface area contributed by atoms with Crippen molar-refractivity contribution < 1.29 is 4.74 Å². The number of methoxy groups -OCH3 is 1. The van der Waals surface area contributed by atoms with Gasteiger partial charge in [-0.3, -0.25) is 10.5 Å². The molecule has 0 fully saturated rings. The number of rotatable bonds is 6. The fraction of sp³-hybridized carbons (Fsp3) is 0.364. The first-order valence-corrected chi connectivity index (χ1v) is 7.62. The van der Waals surface area contributed by atoms with Crippen LogP contribution in [0.15, 0.2) is 21.4 Å². The zero-order valence-corrected chi connectivity index (χ0v) is 13.4. The van der Waals surface area contributed by atoms with E-state index in [9.17, 15) is 0 Å². The van der Waals surface area contributed by atoms with Crippen molar-refractivity contribution in [3.05, 3.63) is 37.7 Å². The first-order valence-electron chi connectivity index (χ1n) is 5.57. The second kappa shape index (κ2) is 6.83. The van der Waals surface area contributed by atoms with Crippen molar-refractivity contribution in [3.63, 3.8) is 0 Å². The molecule has 19 heavy (non-hydrogen) atoms. The van der Waals surface area contributed by atoms with E-state index in [1.165, 1.54) is 0 Å². The van der Waals surface area contributed by atoms with Gasteiger partial charge in [-0.2, -0.15) is 5.10 Å². The van der Waals surface area contributed by atoms with Gasteiger partial charge in [0.05, 0.1) is 39.9 Å². The van der Waals surface area contributed by atoms with Crippen molar-refractivity contribution in [2.24, 2.45) is 5.84 Å². The van der Waals surface area contributed by atoms with E-state index in [1.54, 1.807) is 24.6 Å². The number of hydrogen-bond acceptors (Lipinski definition) is 5. The Morgan fingerprint density at radius 2 is 2.47 bits per heavy atom. The van der Waals surface area contributed by atoms with Gasteiger partial charge in [-0.25, -0.2) is 5.43 Å². The first-order chi connectivity index (χ1) is 9.17. The molecule has 0 saturated heterocycles.